The lowest BCUT2D eigenvalue weighted by Crippen LogP contribution is -2.28. The molecule has 0 unspecified atom stereocenters. The summed E-state index contributed by atoms with van der Waals surface area (Å²) in [5, 5.41) is 6.35. The average Bonchev–Trinajstić information content (AvgIpc) is 3.38. The molecule has 0 aliphatic carbocycles. The second-order valence-corrected chi connectivity index (χ2v) is 7.51. The Morgan fingerprint density at radius 1 is 1.03 bits per heavy atom. The van der Waals surface area contributed by atoms with E-state index in [-0.39, 0.29) is 25.2 Å². The molecule has 31 heavy (non-hydrogen) atoms. The van der Waals surface area contributed by atoms with Crippen LogP contribution >= 0.6 is 0 Å². The van der Waals surface area contributed by atoms with E-state index < -0.39 is 11.6 Å². The second-order valence-electron chi connectivity index (χ2n) is 7.51. The minimum atomic E-state index is -0.691. The lowest BCUT2D eigenvalue weighted by Gasteiger charge is -2.23. The van der Waals surface area contributed by atoms with E-state index in [2.05, 4.69) is 20.6 Å². The number of benzene rings is 1. The number of nitrogens with zero attached hydrogens (tertiary/aromatic N) is 4. The molecule has 0 bridgehead atoms. The fourth-order valence-corrected chi connectivity index (χ4v) is 3.86. The lowest BCUT2D eigenvalue weighted by atomic mass is 10.1. The third kappa shape index (κ3) is 4.45. The van der Waals surface area contributed by atoms with Crippen molar-refractivity contribution in [3.8, 4) is 0 Å². The first kappa shape index (κ1) is 21.4. The van der Waals surface area contributed by atoms with Crippen molar-refractivity contribution in [1.29, 1.82) is 0 Å². The lowest BCUT2D eigenvalue weighted by molar-refractivity contribution is 0.0903. The van der Waals surface area contributed by atoms with Gasteiger partial charge in [-0.05, 0) is 31.4 Å². The molecule has 1 atom stereocenters. The minimum Gasteiger partial charge on any atom is -0.381 e. The highest BCUT2D eigenvalue weighted by molar-refractivity contribution is 5.76. The van der Waals surface area contributed by atoms with Crippen molar-refractivity contribution >= 4 is 28.7 Å². The zero-order chi connectivity index (χ0) is 20.5. The van der Waals surface area contributed by atoms with E-state index in [1.165, 1.54) is 12.1 Å². The predicted molar refractivity (Wildman–Crippen MR) is 114 cm³/mol. The maximum Gasteiger partial charge on any atom is 0.224 e. The molecule has 2 aromatic heterocycles. The van der Waals surface area contributed by atoms with Crippen LogP contribution in [-0.2, 0) is 9.47 Å². The number of ether oxygens (including phenoxy) is 2. The van der Waals surface area contributed by atoms with Gasteiger partial charge in [0.25, 0.3) is 0 Å². The van der Waals surface area contributed by atoms with Crippen LogP contribution in [0.2, 0.25) is 0 Å². The van der Waals surface area contributed by atoms with Gasteiger partial charge in [-0.25, -0.2) is 18.7 Å². The smallest absolute Gasteiger partial charge is 0.224 e. The number of rotatable bonds is 5. The van der Waals surface area contributed by atoms with Gasteiger partial charge in [-0.3, -0.25) is 4.57 Å². The third-order valence-electron chi connectivity index (χ3n) is 5.44. The van der Waals surface area contributed by atoms with Crippen LogP contribution in [0.1, 0.15) is 32.7 Å². The van der Waals surface area contributed by atoms with E-state index in [9.17, 15) is 8.78 Å². The summed E-state index contributed by atoms with van der Waals surface area (Å²) in [6, 6.07) is 3.65. The largest absolute Gasteiger partial charge is 0.381 e. The Hall–Kier alpha value is -2.85. The highest BCUT2D eigenvalue weighted by Gasteiger charge is 2.25. The predicted octanol–water partition coefficient (Wildman–Crippen LogP) is 4.04. The SMILES string of the molecule is C.Fc1ccc(Nc2nc3cnc(NC4CCOCC4)nc3n2[C@@H]2CCOC2)c(F)c1. The number of anilines is 3. The summed E-state index contributed by atoms with van der Waals surface area (Å²) in [6.45, 7) is 2.58. The molecule has 1 aromatic carbocycles. The number of nitrogens with one attached hydrogen (secondary N) is 2. The van der Waals surface area contributed by atoms with Crippen LogP contribution in [-0.4, -0.2) is 52.0 Å². The van der Waals surface area contributed by atoms with Gasteiger partial charge in [0.1, 0.15) is 17.2 Å². The number of fused-ring (bicyclic) bond motifs is 1. The van der Waals surface area contributed by atoms with Crippen LogP contribution in [0.5, 0.6) is 0 Å². The molecule has 2 N–H and O–H groups in total. The molecular weight excluding hydrogens is 406 g/mol. The van der Waals surface area contributed by atoms with E-state index in [0.29, 0.717) is 49.5 Å². The Morgan fingerprint density at radius 2 is 1.84 bits per heavy atom. The first-order valence-corrected chi connectivity index (χ1v) is 10.1. The molecule has 0 radical (unpaired) electrons. The fraction of sp³-hybridized carbons (Fsp3) is 0.476. The van der Waals surface area contributed by atoms with Gasteiger partial charge in [0.05, 0.1) is 24.5 Å². The molecule has 2 saturated heterocycles. The highest BCUT2D eigenvalue weighted by atomic mass is 19.1. The van der Waals surface area contributed by atoms with Crippen molar-refractivity contribution in [2.24, 2.45) is 0 Å². The molecule has 3 aromatic rings. The summed E-state index contributed by atoms with van der Waals surface area (Å²) < 4.78 is 40.4. The summed E-state index contributed by atoms with van der Waals surface area (Å²) in [5.41, 5.74) is 1.37. The first-order chi connectivity index (χ1) is 14.7. The molecular formula is C21H26F2N6O2. The summed E-state index contributed by atoms with van der Waals surface area (Å²) in [5.74, 6) is -0.382. The van der Waals surface area contributed by atoms with Crippen molar-refractivity contribution in [3.05, 3.63) is 36.0 Å². The Morgan fingerprint density at radius 3 is 2.58 bits per heavy atom. The zero-order valence-corrected chi connectivity index (χ0v) is 16.3. The Bertz CT molecular complexity index is 1050. The summed E-state index contributed by atoms with van der Waals surface area (Å²) >= 11 is 0. The van der Waals surface area contributed by atoms with Gasteiger partial charge >= 0.3 is 0 Å². The molecule has 2 aliphatic rings. The Kier molecular flexibility index (Phi) is 6.28. The number of hydrogen-bond acceptors (Lipinski definition) is 7. The average molecular weight is 432 g/mol. The van der Waals surface area contributed by atoms with E-state index in [4.69, 9.17) is 14.5 Å². The van der Waals surface area contributed by atoms with Crippen LogP contribution in [0.25, 0.3) is 11.2 Å². The summed E-state index contributed by atoms with van der Waals surface area (Å²) in [6.07, 6.45) is 4.24. The van der Waals surface area contributed by atoms with E-state index in [1.54, 1.807) is 6.20 Å². The molecule has 2 aliphatic heterocycles. The van der Waals surface area contributed by atoms with Crippen molar-refractivity contribution in [3.63, 3.8) is 0 Å². The number of hydrogen-bond donors (Lipinski definition) is 2. The molecule has 0 spiro atoms. The fourth-order valence-electron chi connectivity index (χ4n) is 3.86. The summed E-state index contributed by atoms with van der Waals surface area (Å²) in [7, 11) is 0. The minimum absolute atomic E-state index is 0. The Labute approximate surface area is 179 Å². The molecule has 10 heteroatoms. The van der Waals surface area contributed by atoms with Gasteiger partial charge in [0.2, 0.25) is 11.9 Å². The molecule has 5 rings (SSSR count). The Balaban J connectivity index is 0.00000231. The van der Waals surface area contributed by atoms with E-state index >= 15 is 0 Å². The van der Waals surface area contributed by atoms with Gasteiger partial charge in [0, 0.05) is 31.9 Å². The second kappa shape index (κ2) is 9.11. The molecule has 4 heterocycles. The van der Waals surface area contributed by atoms with Crippen LogP contribution < -0.4 is 10.6 Å². The van der Waals surface area contributed by atoms with Crippen molar-refractivity contribution in [1.82, 2.24) is 19.5 Å². The van der Waals surface area contributed by atoms with Gasteiger partial charge in [0.15, 0.2) is 5.65 Å². The van der Waals surface area contributed by atoms with E-state index in [0.717, 1.165) is 25.3 Å². The number of aromatic nitrogens is 4. The standard InChI is InChI=1S/C20H22F2N6O2.CH4/c21-12-1-2-16(15(22)9-12)25-20-26-17-10-23-19(24-13-3-6-29-7-4-13)27-18(17)28(20)14-5-8-30-11-14;/h1-2,9-10,13-14H,3-8,11H2,(H,25,26)(H,23,24,27);1H4/t14-;/m1./s1. The van der Waals surface area contributed by atoms with Crippen LogP contribution in [0.3, 0.4) is 0 Å². The van der Waals surface area contributed by atoms with Crippen LogP contribution in [0.4, 0.5) is 26.4 Å². The van der Waals surface area contributed by atoms with Crippen molar-refractivity contribution in [2.45, 2.75) is 38.8 Å². The van der Waals surface area contributed by atoms with Crippen LogP contribution in [0.15, 0.2) is 24.4 Å². The van der Waals surface area contributed by atoms with Crippen molar-refractivity contribution < 1.29 is 18.3 Å². The monoisotopic (exact) mass is 432 g/mol. The van der Waals surface area contributed by atoms with Gasteiger partial charge in [-0.1, -0.05) is 7.43 Å². The van der Waals surface area contributed by atoms with E-state index in [1.807, 2.05) is 4.57 Å². The molecule has 0 saturated carbocycles. The van der Waals surface area contributed by atoms with Crippen LogP contribution in [0, 0.1) is 11.6 Å². The maximum absolute atomic E-state index is 14.2. The quantitative estimate of drug-likeness (QED) is 0.629. The van der Waals surface area contributed by atoms with Crippen molar-refractivity contribution in [2.75, 3.05) is 37.1 Å². The highest BCUT2D eigenvalue weighted by Crippen LogP contribution is 2.31. The molecule has 0 amide bonds. The summed E-state index contributed by atoms with van der Waals surface area (Å²) in [4.78, 5) is 13.7. The normalized spacial score (nSPS) is 19.4. The van der Waals surface area contributed by atoms with Gasteiger partial charge in [-0.2, -0.15) is 4.98 Å². The zero-order valence-electron chi connectivity index (χ0n) is 16.3. The third-order valence-corrected chi connectivity index (χ3v) is 5.44. The maximum atomic E-state index is 14.2. The number of imidazole rings is 1. The molecule has 2 fully saturated rings. The van der Waals surface area contributed by atoms with Gasteiger partial charge in [-0.15, -0.1) is 0 Å². The topological polar surface area (TPSA) is 86.1 Å². The first-order valence-electron chi connectivity index (χ1n) is 10.1. The molecule has 166 valence electrons. The number of halogens is 2. The van der Waals surface area contributed by atoms with Gasteiger partial charge < -0.3 is 20.1 Å². The molecule has 8 nitrogen and oxygen atoms in total.